The molecule has 3 aromatic rings. The molecule has 29 heavy (non-hydrogen) atoms. The molecule has 0 bridgehead atoms. The van der Waals surface area contributed by atoms with Gasteiger partial charge in [0.2, 0.25) is 0 Å². The molecule has 0 aliphatic heterocycles. The minimum Gasteiger partial charge on any atom is -0.497 e. The van der Waals surface area contributed by atoms with Gasteiger partial charge in [0.25, 0.3) is 5.56 Å². The molecule has 2 N–H and O–H groups in total. The van der Waals surface area contributed by atoms with E-state index in [4.69, 9.17) is 17.0 Å². The van der Waals surface area contributed by atoms with Crippen molar-refractivity contribution in [2.75, 3.05) is 13.7 Å². The number of methoxy groups -OCH3 is 1. The number of aryl methyl sites for hydroxylation is 2. The molecule has 0 saturated carbocycles. The summed E-state index contributed by atoms with van der Waals surface area (Å²) in [6.07, 6.45) is 0. The van der Waals surface area contributed by atoms with E-state index in [2.05, 4.69) is 16.4 Å². The first-order valence-corrected chi connectivity index (χ1v) is 10.1. The monoisotopic (exact) mass is 409 g/mol. The summed E-state index contributed by atoms with van der Waals surface area (Å²) in [5.74, 6) is 0.811. The quantitative estimate of drug-likeness (QED) is 0.602. The van der Waals surface area contributed by atoms with E-state index in [1.165, 1.54) is 0 Å². The highest BCUT2D eigenvalue weighted by Gasteiger charge is 2.14. The second-order valence-corrected chi connectivity index (χ2v) is 7.52. The number of nitrogens with one attached hydrogen (secondary N) is 2. The standard InChI is InChI=1S/C23H27N3O2S/c1-5-24-23(29)26(13-17-7-10-20(28-4)11-8-17)14-19-12-18-9-6-15(2)16(3)21(18)25-22(19)27/h6-12H,5,13-14H2,1-4H3,(H,24,29)(H,25,27). The normalized spacial score (nSPS) is 10.8. The van der Waals surface area contributed by atoms with E-state index in [1.54, 1.807) is 7.11 Å². The van der Waals surface area contributed by atoms with Crippen LogP contribution in [0.2, 0.25) is 0 Å². The Morgan fingerprint density at radius 2 is 1.86 bits per heavy atom. The van der Waals surface area contributed by atoms with Gasteiger partial charge in [-0.1, -0.05) is 24.3 Å². The lowest BCUT2D eigenvalue weighted by molar-refractivity contribution is 0.396. The van der Waals surface area contributed by atoms with E-state index in [0.717, 1.165) is 39.9 Å². The fourth-order valence-corrected chi connectivity index (χ4v) is 3.58. The molecule has 0 fully saturated rings. The zero-order valence-corrected chi connectivity index (χ0v) is 18.2. The zero-order valence-electron chi connectivity index (χ0n) is 17.3. The Labute approximate surface area is 176 Å². The molecule has 1 aromatic heterocycles. The number of hydrogen-bond acceptors (Lipinski definition) is 3. The lowest BCUT2D eigenvalue weighted by atomic mass is 10.0. The Morgan fingerprint density at radius 1 is 1.14 bits per heavy atom. The molecule has 3 rings (SSSR count). The summed E-state index contributed by atoms with van der Waals surface area (Å²) in [5, 5.41) is 4.86. The largest absolute Gasteiger partial charge is 0.497 e. The minimum atomic E-state index is -0.0785. The molecule has 0 atom stereocenters. The Morgan fingerprint density at radius 3 is 2.52 bits per heavy atom. The highest BCUT2D eigenvalue weighted by molar-refractivity contribution is 7.80. The van der Waals surface area contributed by atoms with Crippen molar-refractivity contribution >= 4 is 28.2 Å². The van der Waals surface area contributed by atoms with Crippen LogP contribution in [-0.4, -0.2) is 28.7 Å². The van der Waals surface area contributed by atoms with Gasteiger partial charge >= 0.3 is 0 Å². The van der Waals surface area contributed by atoms with Crippen LogP contribution in [0.5, 0.6) is 5.75 Å². The van der Waals surface area contributed by atoms with Gasteiger partial charge in [0, 0.05) is 18.7 Å². The molecular formula is C23H27N3O2S. The van der Waals surface area contributed by atoms with Gasteiger partial charge < -0.3 is 19.9 Å². The van der Waals surface area contributed by atoms with E-state index in [1.807, 2.05) is 62.1 Å². The van der Waals surface area contributed by atoms with Crippen molar-refractivity contribution in [3.63, 3.8) is 0 Å². The van der Waals surface area contributed by atoms with Crippen LogP contribution in [0, 0.1) is 13.8 Å². The van der Waals surface area contributed by atoms with E-state index in [9.17, 15) is 4.79 Å². The Kier molecular flexibility index (Phi) is 6.54. The fraction of sp³-hybridized carbons (Fsp3) is 0.304. The van der Waals surface area contributed by atoms with E-state index in [-0.39, 0.29) is 5.56 Å². The number of H-pyrrole nitrogens is 1. The fourth-order valence-electron chi connectivity index (χ4n) is 3.31. The van der Waals surface area contributed by atoms with Crippen LogP contribution in [0.25, 0.3) is 10.9 Å². The number of aromatic nitrogens is 1. The van der Waals surface area contributed by atoms with Gasteiger partial charge in [-0.15, -0.1) is 0 Å². The molecule has 0 aliphatic rings. The number of fused-ring (bicyclic) bond motifs is 1. The van der Waals surface area contributed by atoms with Crippen LogP contribution in [-0.2, 0) is 13.1 Å². The molecule has 0 amide bonds. The average Bonchev–Trinajstić information content (AvgIpc) is 2.72. The van der Waals surface area contributed by atoms with Crippen molar-refractivity contribution in [3.05, 3.63) is 75.1 Å². The van der Waals surface area contributed by atoms with Gasteiger partial charge in [0.05, 0.1) is 19.2 Å². The summed E-state index contributed by atoms with van der Waals surface area (Å²) in [4.78, 5) is 17.9. The molecule has 0 aliphatic carbocycles. The summed E-state index contributed by atoms with van der Waals surface area (Å²) in [6, 6.07) is 14.0. The second-order valence-electron chi connectivity index (χ2n) is 7.14. The van der Waals surface area contributed by atoms with Crippen molar-refractivity contribution in [2.24, 2.45) is 0 Å². The topological polar surface area (TPSA) is 57.4 Å². The average molecular weight is 410 g/mol. The molecule has 0 radical (unpaired) electrons. The molecule has 0 unspecified atom stereocenters. The predicted molar refractivity (Wildman–Crippen MR) is 123 cm³/mol. The first-order chi connectivity index (χ1) is 13.9. The third kappa shape index (κ3) is 4.77. The molecule has 1 heterocycles. The number of thiocarbonyl (C=S) groups is 1. The van der Waals surface area contributed by atoms with Crippen LogP contribution in [0.15, 0.2) is 47.3 Å². The lowest BCUT2D eigenvalue weighted by Crippen LogP contribution is -2.39. The van der Waals surface area contributed by atoms with Gasteiger partial charge in [-0.3, -0.25) is 4.79 Å². The molecule has 0 spiro atoms. The number of benzene rings is 2. The number of pyridine rings is 1. The maximum atomic E-state index is 12.8. The Hall–Kier alpha value is -2.86. The molecule has 6 heteroatoms. The first-order valence-electron chi connectivity index (χ1n) is 9.70. The molecule has 0 saturated heterocycles. The molecule has 2 aromatic carbocycles. The van der Waals surface area contributed by atoms with Crippen molar-refractivity contribution in [3.8, 4) is 5.75 Å². The second kappa shape index (κ2) is 9.09. The summed E-state index contributed by atoms with van der Waals surface area (Å²) in [5.41, 5.74) is 4.86. The highest BCUT2D eigenvalue weighted by atomic mass is 32.1. The lowest BCUT2D eigenvalue weighted by Gasteiger charge is -2.26. The van der Waals surface area contributed by atoms with Crippen molar-refractivity contribution in [1.29, 1.82) is 0 Å². The van der Waals surface area contributed by atoms with Crippen molar-refractivity contribution in [1.82, 2.24) is 15.2 Å². The number of aromatic amines is 1. The van der Waals surface area contributed by atoms with Crippen LogP contribution in [0.4, 0.5) is 0 Å². The summed E-state index contributed by atoms with van der Waals surface area (Å²) in [7, 11) is 1.65. The number of rotatable bonds is 6. The molecule has 5 nitrogen and oxygen atoms in total. The highest BCUT2D eigenvalue weighted by Crippen LogP contribution is 2.20. The van der Waals surface area contributed by atoms with Crippen LogP contribution in [0.3, 0.4) is 0 Å². The molecular weight excluding hydrogens is 382 g/mol. The molecule has 152 valence electrons. The third-order valence-corrected chi connectivity index (χ3v) is 5.54. The number of nitrogens with zero attached hydrogens (tertiary/aromatic N) is 1. The first kappa shape index (κ1) is 20.9. The maximum Gasteiger partial charge on any atom is 0.253 e. The van der Waals surface area contributed by atoms with Crippen molar-refractivity contribution in [2.45, 2.75) is 33.9 Å². The Balaban J connectivity index is 1.92. The van der Waals surface area contributed by atoms with Crippen LogP contribution >= 0.6 is 12.2 Å². The maximum absolute atomic E-state index is 12.8. The van der Waals surface area contributed by atoms with Crippen molar-refractivity contribution < 1.29 is 4.74 Å². The number of ether oxygens (including phenoxy) is 1. The minimum absolute atomic E-state index is 0.0785. The number of hydrogen-bond donors (Lipinski definition) is 2. The summed E-state index contributed by atoms with van der Waals surface area (Å²) < 4.78 is 5.23. The van der Waals surface area contributed by atoms with E-state index < -0.39 is 0 Å². The van der Waals surface area contributed by atoms with Crippen LogP contribution < -0.4 is 15.6 Å². The van der Waals surface area contributed by atoms with E-state index in [0.29, 0.717) is 23.8 Å². The SMILES string of the molecule is CCNC(=S)N(Cc1ccc(OC)cc1)Cc1cc2ccc(C)c(C)c2[nH]c1=O. The Bertz CT molecular complexity index is 1070. The zero-order chi connectivity index (χ0) is 21.0. The van der Waals surface area contributed by atoms with E-state index >= 15 is 0 Å². The van der Waals surface area contributed by atoms with Gasteiger partial charge in [-0.25, -0.2) is 0 Å². The van der Waals surface area contributed by atoms with Crippen LogP contribution in [0.1, 0.15) is 29.2 Å². The smallest absolute Gasteiger partial charge is 0.253 e. The summed E-state index contributed by atoms with van der Waals surface area (Å²) >= 11 is 5.58. The van der Waals surface area contributed by atoms with Gasteiger partial charge in [0.15, 0.2) is 5.11 Å². The van der Waals surface area contributed by atoms with Gasteiger partial charge in [0.1, 0.15) is 5.75 Å². The third-order valence-electron chi connectivity index (χ3n) is 5.14. The summed E-state index contributed by atoms with van der Waals surface area (Å²) in [6.45, 7) is 7.84. The van der Waals surface area contributed by atoms with Gasteiger partial charge in [-0.2, -0.15) is 0 Å². The van der Waals surface area contributed by atoms with Gasteiger partial charge in [-0.05, 0) is 73.3 Å². The predicted octanol–water partition coefficient (Wildman–Crippen LogP) is 4.05.